The van der Waals surface area contributed by atoms with Crippen molar-refractivity contribution >= 4 is 23.3 Å². The van der Waals surface area contributed by atoms with E-state index in [1.165, 1.54) is 0 Å². The number of hydrogen-bond acceptors (Lipinski definition) is 3. The molecule has 1 fully saturated rings. The van der Waals surface area contributed by atoms with E-state index < -0.39 is 5.60 Å². The van der Waals surface area contributed by atoms with Crippen LogP contribution in [0.25, 0.3) is 0 Å². The van der Waals surface area contributed by atoms with Crippen molar-refractivity contribution in [3.63, 3.8) is 0 Å². The molecule has 0 aliphatic carbocycles. The molecule has 2 N–H and O–H groups in total. The molecule has 1 aromatic carbocycles. The molecule has 5 heteroatoms. The van der Waals surface area contributed by atoms with Gasteiger partial charge in [-0.15, -0.1) is 0 Å². The number of benzene rings is 1. The van der Waals surface area contributed by atoms with Crippen LogP contribution in [0.15, 0.2) is 30.3 Å². The molecule has 114 valence electrons. The van der Waals surface area contributed by atoms with Gasteiger partial charge in [0.25, 0.3) is 0 Å². The van der Waals surface area contributed by atoms with Gasteiger partial charge in [-0.25, -0.2) is 4.79 Å². The van der Waals surface area contributed by atoms with Crippen LogP contribution in [0.3, 0.4) is 0 Å². The summed E-state index contributed by atoms with van der Waals surface area (Å²) in [5.74, 6) is 0.0396. The normalized spacial score (nSPS) is 22.1. The summed E-state index contributed by atoms with van der Waals surface area (Å²) >= 11 is 5.11. The second-order valence-corrected chi connectivity index (χ2v) is 6.87. The van der Waals surface area contributed by atoms with Gasteiger partial charge >= 0.3 is 6.09 Å². The number of amides is 1. The van der Waals surface area contributed by atoms with Gasteiger partial charge in [0.05, 0.1) is 11.0 Å². The average Bonchev–Trinajstić information content (AvgIpc) is 2.83. The Morgan fingerprint density at radius 3 is 2.48 bits per heavy atom. The highest BCUT2D eigenvalue weighted by Crippen LogP contribution is 2.36. The standard InChI is InChI=1S/C16H22N2O2S/c1-16(2,3)20-15(19)18-10-12(14(17)21)9-13(18)11-7-5-4-6-8-11/h4-8,12-13H,9-10H2,1-3H3,(H2,17,21). The second-order valence-electron chi connectivity index (χ2n) is 6.39. The Morgan fingerprint density at radius 2 is 1.95 bits per heavy atom. The third kappa shape index (κ3) is 3.94. The third-order valence-electron chi connectivity index (χ3n) is 3.52. The number of likely N-dealkylation sites (tertiary alicyclic amines) is 1. The van der Waals surface area contributed by atoms with Gasteiger partial charge in [0, 0.05) is 12.5 Å². The van der Waals surface area contributed by atoms with Crippen LogP contribution in [0.4, 0.5) is 4.79 Å². The SMILES string of the molecule is CC(C)(C)OC(=O)N1CC(C(N)=S)CC1c1ccccc1. The van der Waals surface area contributed by atoms with E-state index in [-0.39, 0.29) is 18.1 Å². The Morgan fingerprint density at radius 1 is 1.33 bits per heavy atom. The zero-order chi connectivity index (χ0) is 15.6. The first-order chi connectivity index (χ1) is 9.78. The fourth-order valence-electron chi connectivity index (χ4n) is 2.56. The van der Waals surface area contributed by atoms with Gasteiger partial charge in [0.1, 0.15) is 5.60 Å². The minimum absolute atomic E-state index is 0.0347. The van der Waals surface area contributed by atoms with E-state index >= 15 is 0 Å². The molecular weight excluding hydrogens is 284 g/mol. The van der Waals surface area contributed by atoms with Crippen molar-refractivity contribution in [2.45, 2.75) is 38.8 Å². The average molecular weight is 306 g/mol. The maximum absolute atomic E-state index is 12.4. The third-order valence-corrected chi connectivity index (χ3v) is 3.85. The number of ether oxygens (including phenoxy) is 1. The first-order valence-electron chi connectivity index (χ1n) is 7.12. The fourth-order valence-corrected chi connectivity index (χ4v) is 2.73. The summed E-state index contributed by atoms with van der Waals surface area (Å²) in [5.41, 5.74) is 6.35. The van der Waals surface area contributed by atoms with E-state index in [0.29, 0.717) is 11.5 Å². The van der Waals surface area contributed by atoms with Crippen LogP contribution in [-0.4, -0.2) is 28.1 Å². The quantitative estimate of drug-likeness (QED) is 0.852. The van der Waals surface area contributed by atoms with Crippen molar-refractivity contribution in [2.24, 2.45) is 11.7 Å². The van der Waals surface area contributed by atoms with Gasteiger partial charge in [-0.1, -0.05) is 42.5 Å². The number of rotatable bonds is 2. The van der Waals surface area contributed by atoms with Gasteiger partial charge < -0.3 is 15.4 Å². The van der Waals surface area contributed by atoms with Crippen LogP contribution >= 0.6 is 12.2 Å². The molecule has 1 aliphatic rings. The summed E-state index contributed by atoms with van der Waals surface area (Å²) in [7, 11) is 0. The molecule has 0 spiro atoms. The van der Waals surface area contributed by atoms with Gasteiger partial charge in [0.15, 0.2) is 0 Å². The minimum atomic E-state index is -0.514. The molecule has 0 aromatic heterocycles. The fraction of sp³-hybridized carbons (Fsp3) is 0.500. The monoisotopic (exact) mass is 306 g/mol. The van der Waals surface area contributed by atoms with Crippen LogP contribution in [0, 0.1) is 5.92 Å². The van der Waals surface area contributed by atoms with E-state index in [1.807, 2.05) is 51.1 Å². The Bertz CT molecular complexity index is 525. The highest BCUT2D eigenvalue weighted by Gasteiger charge is 2.39. The molecule has 2 atom stereocenters. The summed E-state index contributed by atoms with van der Waals surface area (Å²) in [6.07, 6.45) is 0.439. The molecule has 2 rings (SSSR count). The van der Waals surface area contributed by atoms with Crippen LogP contribution in [-0.2, 0) is 4.74 Å². The highest BCUT2D eigenvalue weighted by atomic mass is 32.1. The lowest BCUT2D eigenvalue weighted by atomic mass is 10.00. The molecule has 1 amide bonds. The largest absolute Gasteiger partial charge is 0.444 e. The molecule has 4 nitrogen and oxygen atoms in total. The van der Waals surface area contributed by atoms with Gasteiger partial charge in [-0.05, 0) is 32.8 Å². The molecule has 1 aromatic rings. The smallest absolute Gasteiger partial charge is 0.410 e. The Labute approximate surface area is 131 Å². The van der Waals surface area contributed by atoms with Crippen LogP contribution in [0.5, 0.6) is 0 Å². The predicted molar refractivity (Wildman–Crippen MR) is 87.0 cm³/mol. The summed E-state index contributed by atoms with van der Waals surface area (Å²) in [6, 6.07) is 9.90. The van der Waals surface area contributed by atoms with Crippen molar-refractivity contribution in [2.75, 3.05) is 6.54 Å². The van der Waals surface area contributed by atoms with Crippen molar-refractivity contribution in [1.82, 2.24) is 4.90 Å². The van der Waals surface area contributed by atoms with E-state index in [9.17, 15) is 4.79 Å². The highest BCUT2D eigenvalue weighted by molar-refractivity contribution is 7.80. The minimum Gasteiger partial charge on any atom is -0.444 e. The van der Waals surface area contributed by atoms with E-state index in [4.69, 9.17) is 22.7 Å². The molecule has 2 unspecified atom stereocenters. The van der Waals surface area contributed by atoms with Gasteiger partial charge in [-0.3, -0.25) is 0 Å². The summed E-state index contributed by atoms with van der Waals surface area (Å²) < 4.78 is 5.50. The number of carbonyl (C=O) groups excluding carboxylic acids is 1. The van der Waals surface area contributed by atoms with Crippen molar-refractivity contribution < 1.29 is 9.53 Å². The zero-order valence-electron chi connectivity index (χ0n) is 12.7. The lowest BCUT2D eigenvalue weighted by Gasteiger charge is -2.28. The van der Waals surface area contributed by atoms with Crippen molar-refractivity contribution in [3.8, 4) is 0 Å². The van der Waals surface area contributed by atoms with Crippen LogP contribution in [0.1, 0.15) is 38.8 Å². The maximum Gasteiger partial charge on any atom is 0.410 e. The first kappa shape index (κ1) is 15.8. The topological polar surface area (TPSA) is 55.6 Å². The summed E-state index contributed by atoms with van der Waals surface area (Å²) in [4.78, 5) is 14.6. The zero-order valence-corrected chi connectivity index (χ0v) is 13.5. The van der Waals surface area contributed by atoms with E-state index in [0.717, 1.165) is 12.0 Å². The lowest BCUT2D eigenvalue weighted by molar-refractivity contribution is 0.0222. The molecule has 21 heavy (non-hydrogen) atoms. The predicted octanol–water partition coefficient (Wildman–Crippen LogP) is 3.27. The molecule has 0 bridgehead atoms. The maximum atomic E-state index is 12.4. The van der Waals surface area contributed by atoms with E-state index in [2.05, 4.69) is 0 Å². The van der Waals surface area contributed by atoms with Crippen LogP contribution in [0.2, 0.25) is 0 Å². The Kier molecular flexibility index (Phi) is 4.52. The van der Waals surface area contributed by atoms with Crippen molar-refractivity contribution in [1.29, 1.82) is 0 Å². The Balaban J connectivity index is 2.23. The number of nitrogens with zero attached hydrogens (tertiary/aromatic N) is 1. The number of nitrogens with two attached hydrogens (primary N) is 1. The molecule has 1 aliphatic heterocycles. The van der Waals surface area contributed by atoms with Crippen molar-refractivity contribution in [3.05, 3.63) is 35.9 Å². The number of hydrogen-bond donors (Lipinski definition) is 1. The van der Waals surface area contributed by atoms with Crippen LogP contribution < -0.4 is 5.73 Å². The number of thiocarbonyl (C=S) groups is 1. The molecule has 0 saturated carbocycles. The molecular formula is C16H22N2O2S. The second kappa shape index (κ2) is 6.02. The number of carbonyl (C=O) groups is 1. The molecule has 1 heterocycles. The molecule has 1 saturated heterocycles. The van der Waals surface area contributed by atoms with Gasteiger partial charge in [-0.2, -0.15) is 0 Å². The van der Waals surface area contributed by atoms with Gasteiger partial charge in [0.2, 0.25) is 0 Å². The first-order valence-corrected chi connectivity index (χ1v) is 7.52. The Hall–Kier alpha value is -1.62. The lowest BCUT2D eigenvalue weighted by Crippen LogP contribution is -2.37. The molecule has 0 radical (unpaired) electrons. The summed E-state index contributed by atoms with van der Waals surface area (Å²) in [6.45, 7) is 6.11. The van der Waals surface area contributed by atoms with E-state index in [1.54, 1.807) is 4.90 Å². The summed E-state index contributed by atoms with van der Waals surface area (Å²) in [5, 5.41) is 0.